The first kappa shape index (κ1) is 15.1. The van der Waals surface area contributed by atoms with Gasteiger partial charge in [-0.3, -0.25) is 4.90 Å². The summed E-state index contributed by atoms with van der Waals surface area (Å²) < 4.78 is 0. The van der Waals surface area contributed by atoms with E-state index in [2.05, 4.69) is 11.8 Å². The average Bonchev–Trinajstić information content (AvgIpc) is 2.58. The van der Waals surface area contributed by atoms with Gasteiger partial charge in [-0.15, -0.1) is 0 Å². The molecule has 0 amide bonds. The predicted molar refractivity (Wildman–Crippen MR) is 82.8 cm³/mol. The maximum absolute atomic E-state index is 6.16. The van der Waals surface area contributed by atoms with E-state index in [0.29, 0.717) is 28.5 Å². The maximum Gasteiger partial charge on any atom is 0.0424 e. The lowest BCUT2D eigenvalue weighted by Gasteiger charge is -2.34. The molecule has 0 radical (unpaired) electrons. The van der Waals surface area contributed by atoms with Gasteiger partial charge in [0.15, 0.2) is 0 Å². The van der Waals surface area contributed by atoms with Crippen LogP contribution in [0, 0.1) is 5.92 Å². The van der Waals surface area contributed by atoms with Crippen LogP contribution in [0.1, 0.15) is 37.8 Å². The van der Waals surface area contributed by atoms with Crippen LogP contribution in [0.4, 0.5) is 0 Å². The van der Waals surface area contributed by atoms with Gasteiger partial charge in [-0.25, -0.2) is 0 Å². The van der Waals surface area contributed by atoms with Gasteiger partial charge in [0.2, 0.25) is 0 Å². The maximum atomic E-state index is 6.16. The summed E-state index contributed by atoms with van der Waals surface area (Å²) in [5.41, 5.74) is 7.21. The number of benzene rings is 1. The van der Waals surface area contributed by atoms with Crippen LogP contribution in [-0.2, 0) is 0 Å². The largest absolute Gasteiger partial charge is 0.330 e. The number of halogens is 2. The molecule has 1 fully saturated rings. The summed E-state index contributed by atoms with van der Waals surface area (Å²) in [5, 5.41) is 1.41. The highest BCUT2D eigenvalue weighted by Gasteiger charge is 2.29. The molecular formula is C15H22Cl2N2. The Morgan fingerprint density at radius 2 is 1.89 bits per heavy atom. The smallest absolute Gasteiger partial charge is 0.0424 e. The normalized spacial score (nSPS) is 25.3. The van der Waals surface area contributed by atoms with E-state index in [1.165, 1.54) is 24.8 Å². The van der Waals surface area contributed by atoms with Crippen molar-refractivity contribution in [3.8, 4) is 0 Å². The Kier molecular flexibility index (Phi) is 5.52. The predicted octanol–water partition coefficient (Wildman–Crippen LogP) is 4.12. The number of hydrogen-bond donors (Lipinski definition) is 1. The van der Waals surface area contributed by atoms with Crippen molar-refractivity contribution in [2.24, 2.45) is 11.7 Å². The van der Waals surface area contributed by atoms with E-state index in [1.54, 1.807) is 6.07 Å². The fourth-order valence-electron chi connectivity index (χ4n) is 3.15. The molecule has 2 nitrogen and oxygen atoms in total. The number of nitrogens with zero attached hydrogens (tertiary/aromatic N) is 1. The van der Waals surface area contributed by atoms with Crippen molar-refractivity contribution in [2.75, 3.05) is 19.6 Å². The van der Waals surface area contributed by atoms with Gasteiger partial charge in [-0.05, 0) is 62.2 Å². The number of hydrogen-bond acceptors (Lipinski definition) is 2. The molecule has 2 unspecified atom stereocenters. The SMILES string of the molecule is CCN1CCCCC(CN)C1c1cc(Cl)cc(Cl)c1. The molecule has 1 saturated heterocycles. The van der Waals surface area contributed by atoms with E-state index in [9.17, 15) is 0 Å². The van der Waals surface area contributed by atoms with E-state index >= 15 is 0 Å². The lowest BCUT2D eigenvalue weighted by molar-refractivity contribution is 0.166. The highest BCUT2D eigenvalue weighted by atomic mass is 35.5. The van der Waals surface area contributed by atoms with Crippen molar-refractivity contribution in [1.29, 1.82) is 0 Å². The first-order valence-corrected chi connectivity index (χ1v) is 7.81. The molecular weight excluding hydrogens is 279 g/mol. The summed E-state index contributed by atoms with van der Waals surface area (Å²) in [4.78, 5) is 2.51. The fourth-order valence-corrected chi connectivity index (χ4v) is 3.69. The molecule has 0 aliphatic carbocycles. The molecule has 0 saturated carbocycles. The Morgan fingerprint density at radius 1 is 1.21 bits per heavy atom. The molecule has 0 aromatic heterocycles. The minimum absolute atomic E-state index is 0.341. The quantitative estimate of drug-likeness (QED) is 0.910. The highest BCUT2D eigenvalue weighted by Crippen LogP contribution is 2.36. The summed E-state index contributed by atoms with van der Waals surface area (Å²) in [7, 11) is 0. The monoisotopic (exact) mass is 300 g/mol. The van der Waals surface area contributed by atoms with Crippen molar-refractivity contribution < 1.29 is 0 Å². The standard InChI is InChI=1S/C15H22Cl2N2/c1-2-19-6-4-3-5-11(10-18)15(19)12-7-13(16)9-14(17)8-12/h7-9,11,15H,2-6,10,18H2,1H3. The first-order valence-electron chi connectivity index (χ1n) is 7.05. The Morgan fingerprint density at radius 3 is 2.47 bits per heavy atom. The van der Waals surface area contributed by atoms with Crippen molar-refractivity contribution >= 4 is 23.2 Å². The van der Waals surface area contributed by atoms with Crippen molar-refractivity contribution in [3.05, 3.63) is 33.8 Å². The average molecular weight is 301 g/mol. The van der Waals surface area contributed by atoms with Gasteiger partial charge in [0.05, 0.1) is 0 Å². The molecule has 2 rings (SSSR count). The van der Waals surface area contributed by atoms with E-state index in [0.717, 1.165) is 13.1 Å². The molecule has 2 N–H and O–H groups in total. The number of nitrogens with two attached hydrogens (primary N) is 1. The molecule has 4 heteroatoms. The van der Waals surface area contributed by atoms with Crippen molar-refractivity contribution in [3.63, 3.8) is 0 Å². The van der Waals surface area contributed by atoms with Crippen LogP contribution < -0.4 is 5.73 Å². The van der Waals surface area contributed by atoms with Crippen molar-refractivity contribution in [2.45, 2.75) is 32.2 Å². The lowest BCUT2D eigenvalue weighted by atomic mass is 9.89. The molecule has 1 aliphatic rings. The van der Waals surface area contributed by atoms with Gasteiger partial charge in [-0.1, -0.05) is 36.5 Å². The van der Waals surface area contributed by atoms with E-state index < -0.39 is 0 Å². The fraction of sp³-hybridized carbons (Fsp3) is 0.600. The molecule has 2 atom stereocenters. The third-order valence-corrected chi connectivity index (χ3v) is 4.48. The van der Waals surface area contributed by atoms with Gasteiger partial charge in [0, 0.05) is 16.1 Å². The molecule has 106 valence electrons. The lowest BCUT2D eigenvalue weighted by Crippen LogP contribution is -2.35. The molecule has 1 aromatic rings. The van der Waals surface area contributed by atoms with Crippen LogP contribution >= 0.6 is 23.2 Å². The summed E-state index contributed by atoms with van der Waals surface area (Å²) in [6, 6.07) is 6.20. The Labute approximate surface area is 125 Å². The van der Waals surface area contributed by atoms with E-state index in [1.807, 2.05) is 12.1 Å². The summed E-state index contributed by atoms with van der Waals surface area (Å²) in [5.74, 6) is 0.483. The van der Waals surface area contributed by atoms with Gasteiger partial charge in [-0.2, -0.15) is 0 Å². The van der Waals surface area contributed by atoms with Gasteiger partial charge < -0.3 is 5.73 Å². The third-order valence-electron chi connectivity index (χ3n) is 4.05. The molecule has 0 bridgehead atoms. The van der Waals surface area contributed by atoms with Crippen LogP contribution in [0.2, 0.25) is 10.0 Å². The Balaban J connectivity index is 2.38. The van der Waals surface area contributed by atoms with Crippen LogP contribution in [0.25, 0.3) is 0 Å². The Bertz CT molecular complexity index is 388. The minimum Gasteiger partial charge on any atom is -0.330 e. The zero-order valence-corrected chi connectivity index (χ0v) is 12.9. The zero-order chi connectivity index (χ0) is 13.8. The second-order valence-electron chi connectivity index (χ2n) is 5.27. The summed E-state index contributed by atoms with van der Waals surface area (Å²) in [6.45, 7) is 5.08. The summed E-state index contributed by atoms with van der Waals surface area (Å²) in [6.07, 6.45) is 3.68. The van der Waals surface area contributed by atoms with Crippen LogP contribution in [0.3, 0.4) is 0 Å². The molecule has 0 spiro atoms. The molecule has 1 aromatic carbocycles. The molecule has 19 heavy (non-hydrogen) atoms. The summed E-state index contributed by atoms with van der Waals surface area (Å²) >= 11 is 12.3. The van der Waals surface area contributed by atoms with Crippen molar-refractivity contribution in [1.82, 2.24) is 4.90 Å². The third kappa shape index (κ3) is 3.63. The Hall–Kier alpha value is -0.280. The van der Waals surface area contributed by atoms with Crippen LogP contribution in [0.5, 0.6) is 0 Å². The molecule has 1 aliphatic heterocycles. The van der Waals surface area contributed by atoms with E-state index in [-0.39, 0.29) is 0 Å². The van der Waals surface area contributed by atoms with E-state index in [4.69, 9.17) is 28.9 Å². The van der Waals surface area contributed by atoms with Gasteiger partial charge in [0.1, 0.15) is 0 Å². The molecule has 1 heterocycles. The number of likely N-dealkylation sites (tertiary alicyclic amines) is 1. The second kappa shape index (κ2) is 6.94. The van der Waals surface area contributed by atoms with Crippen LogP contribution in [0.15, 0.2) is 18.2 Å². The van der Waals surface area contributed by atoms with Gasteiger partial charge >= 0.3 is 0 Å². The van der Waals surface area contributed by atoms with Crippen LogP contribution in [-0.4, -0.2) is 24.5 Å². The first-order chi connectivity index (χ1) is 9.15. The number of rotatable bonds is 3. The zero-order valence-electron chi connectivity index (χ0n) is 11.4. The highest BCUT2D eigenvalue weighted by molar-refractivity contribution is 6.34. The minimum atomic E-state index is 0.341. The second-order valence-corrected chi connectivity index (χ2v) is 6.14. The topological polar surface area (TPSA) is 29.3 Å². The van der Waals surface area contributed by atoms with Gasteiger partial charge in [0.25, 0.3) is 0 Å².